The molecule has 1 aliphatic heterocycles. The standard InChI is InChI=1S/C17H18FN3O/c18-14-6-7-16(21-9-2-1-3-10-21)15(11-14)20-17(22)13-5-4-8-19-12-13/h4-8,11-12H,1-3,9-10H2,(H,20,22). The number of nitrogens with zero attached hydrogens (tertiary/aromatic N) is 2. The van der Waals surface area contributed by atoms with Gasteiger partial charge in [0.25, 0.3) is 5.91 Å². The molecule has 4 nitrogen and oxygen atoms in total. The minimum absolute atomic E-state index is 0.281. The number of piperidine rings is 1. The van der Waals surface area contributed by atoms with Crippen molar-refractivity contribution in [1.82, 2.24) is 4.98 Å². The predicted molar refractivity (Wildman–Crippen MR) is 84.7 cm³/mol. The van der Waals surface area contributed by atoms with E-state index < -0.39 is 0 Å². The molecule has 0 atom stereocenters. The lowest BCUT2D eigenvalue weighted by Crippen LogP contribution is -2.30. The fourth-order valence-electron chi connectivity index (χ4n) is 2.71. The van der Waals surface area contributed by atoms with Crippen LogP contribution in [0.3, 0.4) is 0 Å². The number of halogens is 1. The first kappa shape index (κ1) is 14.5. The lowest BCUT2D eigenvalue weighted by Gasteiger charge is -2.30. The average molecular weight is 299 g/mol. The Labute approximate surface area is 129 Å². The Balaban J connectivity index is 1.85. The number of benzene rings is 1. The molecule has 114 valence electrons. The van der Waals surface area contributed by atoms with E-state index in [0.29, 0.717) is 11.3 Å². The molecule has 2 aromatic rings. The number of anilines is 2. The second kappa shape index (κ2) is 6.56. The highest BCUT2D eigenvalue weighted by molar-refractivity contribution is 6.05. The second-order valence-electron chi connectivity index (χ2n) is 5.41. The lowest BCUT2D eigenvalue weighted by molar-refractivity contribution is 0.102. The van der Waals surface area contributed by atoms with Crippen molar-refractivity contribution >= 4 is 17.3 Å². The minimum atomic E-state index is -0.359. The molecule has 1 aromatic carbocycles. The number of carbonyl (C=O) groups excluding carboxylic acids is 1. The van der Waals surface area contributed by atoms with Crippen LogP contribution in [0.15, 0.2) is 42.7 Å². The number of pyridine rings is 1. The summed E-state index contributed by atoms with van der Waals surface area (Å²) in [5, 5.41) is 2.80. The molecule has 2 heterocycles. The van der Waals surface area contributed by atoms with E-state index in [9.17, 15) is 9.18 Å². The van der Waals surface area contributed by atoms with Crippen LogP contribution in [-0.4, -0.2) is 24.0 Å². The van der Waals surface area contributed by atoms with Crippen molar-refractivity contribution in [2.45, 2.75) is 19.3 Å². The van der Waals surface area contributed by atoms with Crippen molar-refractivity contribution in [3.8, 4) is 0 Å². The number of hydrogen-bond donors (Lipinski definition) is 1. The first-order valence-corrected chi connectivity index (χ1v) is 7.50. The molecule has 5 heteroatoms. The van der Waals surface area contributed by atoms with Crippen molar-refractivity contribution in [3.05, 3.63) is 54.1 Å². The van der Waals surface area contributed by atoms with Gasteiger partial charge in [0.1, 0.15) is 5.82 Å². The van der Waals surface area contributed by atoms with Gasteiger partial charge in [0.15, 0.2) is 0 Å². The summed E-state index contributed by atoms with van der Waals surface area (Å²) < 4.78 is 13.6. The average Bonchev–Trinajstić information content (AvgIpc) is 2.56. The van der Waals surface area contributed by atoms with E-state index in [1.54, 1.807) is 24.4 Å². The number of rotatable bonds is 3. The second-order valence-corrected chi connectivity index (χ2v) is 5.41. The van der Waals surface area contributed by atoms with Crippen molar-refractivity contribution in [1.29, 1.82) is 0 Å². The Kier molecular flexibility index (Phi) is 4.32. The van der Waals surface area contributed by atoms with Gasteiger partial charge in [-0.3, -0.25) is 9.78 Å². The van der Waals surface area contributed by atoms with Gasteiger partial charge >= 0.3 is 0 Å². The Hall–Kier alpha value is -2.43. The largest absolute Gasteiger partial charge is 0.370 e. The molecule has 22 heavy (non-hydrogen) atoms. The van der Waals surface area contributed by atoms with Crippen LogP contribution in [0.2, 0.25) is 0 Å². The van der Waals surface area contributed by atoms with E-state index in [1.807, 2.05) is 0 Å². The maximum atomic E-state index is 13.6. The zero-order valence-electron chi connectivity index (χ0n) is 12.3. The molecular formula is C17H18FN3O. The van der Waals surface area contributed by atoms with Crippen molar-refractivity contribution in [2.75, 3.05) is 23.3 Å². The van der Waals surface area contributed by atoms with E-state index in [1.165, 1.54) is 24.8 Å². The third-order valence-corrected chi connectivity index (χ3v) is 3.83. The summed E-state index contributed by atoms with van der Waals surface area (Å²) in [5.74, 6) is -0.640. The Morgan fingerprint density at radius 1 is 1.18 bits per heavy atom. The van der Waals surface area contributed by atoms with Gasteiger partial charge in [-0.15, -0.1) is 0 Å². The van der Waals surface area contributed by atoms with Gasteiger partial charge < -0.3 is 10.2 Å². The molecule has 1 fully saturated rings. The van der Waals surface area contributed by atoms with Crippen LogP contribution in [0.4, 0.5) is 15.8 Å². The molecule has 0 unspecified atom stereocenters. The van der Waals surface area contributed by atoms with Gasteiger partial charge in [-0.25, -0.2) is 4.39 Å². The number of carbonyl (C=O) groups is 1. The van der Waals surface area contributed by atoms with Crippen LogP contribution < -0.4 is 10.2 Å². The SMILES string of the molecule is O=C(Nc1cc(F)ccc1N1CCCCC1)c1cccnc1. The maximum absolute atomic E-state index is 13.6. The third kappa shape index (κ3) is 3.24. The van der Waals surface area contributed by atoms with Gasteiger partial charge in [0.05, 0.1) is 16.9 Å². The van der Waals surface area contributed by atoms with Crippen molar-refractivity contribution in [2.24, 2.45) is 0 Å². The molecule has 1 aromatic heterocycles. The topological polar surface area (TPSA) is 45.2 Å². The molecule has 3 rings (SSSR count). The molecule has 1 N–H and O–H groups in total. The zero-order chi connectivity index (χ0) is 15.4. The quantitative estimate of drug-likeness (QED) is 0.944. The molecule has 1 saturated heterocycles. The summed E-state index contributed by atoms with van der Waals surface area (Å²) in [6.07, 6.45) is 6.56. The summed E-state index contributed by atoms with van der Waals surface area (Å²) in [4.78, 5) is 18.4. The molecule has 0 radical (unpaired) electrons. The number of amides is 1. The van der Waals surface area contributed by atoms with Crippen molar-refractivity contribution in [3.63, 3.8) is 0 Å². The Bertz CT molecular complexity index is 654. The van der Waals surface area contributed by atoms with Gasteiger partial charge in [0.2, 0.25) is 0 Å². The fraction of sp³-hybridized carbons (Fsp3) is 0.294. The summed E-state index contributed by atoms with van der Waals surface area (Å²) in [6, 6.07) is 7.93. The van der Waals surface area contributed by atoms with E-state index in [4.69, 9.17) is 0 Å². The molecular weight excluding hydrogens is 281 g/mol. The summed E-state index contributed by atoms with van der Waals surface area (Å²) in [7, 11) is 0. The van der Waals surface area contributed by atoms with E-state index in [2.05, 4.69) is 15.2 Å². The number of aromatic nitrogens is 1. The molecule has 0 aliphatic carbocycles. The molecule has 0 spiro atoms. The highest BCUT2D eigenvalue weighted by Crippen LogP contribution is 2.29. The van der Waals surface area contributed by atoms with Crippen LogP contribution in [0.1, 0.15) is 29.6 Å². The normalized spacial score (nSPS) is 14.7. The molecule has 0 saturated carbocycles. The number of nitrogens with one attached hydrogen (secondary N) is 1. The lowest BCUT2D eigenvalue weighted by atomic mass is 10.1. The van der Waals surface area contributed by atoms with Gasteiger partial charge in [-0.2, -0.15) is 0 Å². The van der Waals surface area contributed by atoms with Crippen LogP contribution in [0, 0.1) is 5.82 Å². The van der Waals surface area contributed by atoms with Gasteiger partial charge in [0, 0.05) is 25.5 Å². The zero-order valence-corrected chi connectivity index (χ0v) is 12.3. The smallest absolute Gasteiger partial charge is 0.257 e. The fourth-order valence-corrected chi connectivity index (χ4v) is 2.71. The predicted octanol–water partition coefficient (Wildman–Crippen LogP) is 3.46. The summed E-state index contributed by atoms with van der Waals surface area (Å²) in [6.45, 7) is 1.86. The van der Waals surface area contributed by atoms with Gasteiger partial charge in [-0.05, 0) is 49.6 Å². The van der Waals surface area contributed by atoms with E-state index in [0.717, 1.165) is 31.6 Å². The van der Waals surface area contributed by atoms with E-state index in [-0.39, 0.29) is 11.7 Å². The maximum Gasteiger partial charge on any atom is 0.257 e. The monoisotopic (exact) mass is 299 g/mol. The van der Waals surface area contributed by atoms with Crippen molar-refractivity contribution < 1.29 is 9.18 Å². The third-order valence-electron chi connectivity index (χ3n) is 3.83. The molecule has 0 bridgehead atoms. The molecule has 1 amide bonds. The number of hydrogen-bond acceptors (Lipinski definition) is 3. The Morgan fingerprint density at radius 2 is 2.00 bits per heavy atom. The summed E-state index contributed by atoms with van der Waals surface area (Å²) >= 11 is 0. The van der Waals surface area contributed by atoms with Crippen LogP contribution in [0.25, 0.3) is 0 Å². The van der Waals surface area contributed by atoms with Crippen LogP contribution in [0.5, 0.6) is 0 Å². The Morgan fingerprint density at radius 3 is 2.73 bits per heavy atom. The molecule has 1 aliphatic rings. The van der Waals surface area contributed by atoms with Crippen LogP contribution in [-0.2, 0) is 0 Å². The highest BCUT2D eigenvalue weighted by atomic mass is 19.1. The first-order chi connectivity index (χ1) is 10.7. The van der Waals surface area contributed by atoms with E-state index >= 15 is 0 Å². The van der Waals surface area contributed by atoms with Crippen LogP contribution >= 0.6 is 0 Å². The summed E-state index contributed by atoms with van der Waals surface area (Å²) in [5.41, 5.74) is 1.84. The highest BCUT2D eigenvalue weighted by Gasteiger charge is 2.17. The minimum Gasteiger partial charge on any atom is -0.370 e. The van der Waals surface area contributed by atoms with Gasteiger partial charge in [-0.1, -0.05) is 0 Å². The first-order valence-electron chi connectivity index (χ1n) is 7.50.